The molecule has 2 rings (SSSR count). The zero-order chi connectivity index (χ0) is 11.7. The normalized spacial score (nSPS) is 10.4. The van der Waals surface area contributed by atoms with Gasteiger partial charge in [0, 0.05) is 5.02 Å². The lowest BCUT2D eigenvalue weighted by atomic mass is 10.3. The summed E-state index contributed by atoms with van der Waals surface area (Å²) in [6.45, 7) is 0. The molecule has 82 valence electrons. The number of nitrogens with zero attached hydrogens (tertiary/aromatic N) is 1. The molecule has 0 amide bonds. The molecule has 16 heavy (non-hydrogen) atoms. The lowest BCUT2D eigenvalue weighted by Crippen LogP contribution is -2.10. The molecule has 0 spiro atoms. The highest BCUT2D eigenvalue weighted by atomic mass is 35.5. The number of rotatable bonds is 2. The summed E-state index contributed by atoms with van der Waals surface area (Å²) in [5, 5.41) is 0.700. The van der Waals surface area contributed by atoms with Crippen LogP contribution in [0, 0.1) is 0 Å². The van der Waals surface area contributed by atoms with Crippen molar-refractivity contribution in [1.29, 1.82) is 0 Å². The van der Waals surface area contributed by atoms with Crippen molar-refractivity contribution in [2.24, 2.45) is 0 Å². The summed E-state index contributed by atoms with van der Waals surface area (Å²) in [5.74, 6) is 0. The molecular weight excluding hydrogens is 269 g/mol. The molecule has 0 bridgehead atoms. The number of halogens is 2. The average molecular weight is 274 g/mol. The van der Waals surface area contributed by atoms with Crippen LogP contribution in [0.3, 0.4) is 0 Å². The van der Waals surface area contributed by atoms with Gasteiger partial charge in [0.1, 0.15) is 10.0 Å². The second-order valence-electron chi connectivity index (χ2n) is 2.95. The van der Waals surface area contributed by atoms with Gasteiger partial charge in [0.15, 0.2) is 6.29 Å². The number of benzene rings is 1. The minimum absolute atomic E-state index is 0.132. The standard InChI is InChI=1S/C10H5Cl2NO2S/c11-6-1-3-7(4-2-6)13-9(12)8(5-14)16-10(13)15/h1-5H. The quantitative estimate of drug-likeness (QED) is 0.789. The average Bonchev–Trinajstić information content (AvgIpc) is 2.56. The molecular formula is C10H5Cl2NO2S. The third-order valence-electron chi connectivity index (χ3n) is 1.97. The van der Waals surface area contributed by atoms with Gasteiger partial charge in [-0.3, -0.25) is 14.2 Å². The first kappa shape index (κ1) is 11.4. The zero-order valence-corrected chi connectivity index (χ0v) is 10.1. The van der Waals surface area contributed by atoms with Crippen LogP contribution in [0.1, 0.15) is 9.67 Å². The van der Waals surface area contributed by atoms with Crippen LogP contribution in [0.5, 0.6) is 0 Å². The summed E-state index contributed by atoms with van der Waals surface area (Å²) >= 11 is 12.5. The van der Waals surface area contributed by atoms with Gasteiger partial charge in [0.25, 0.3) is 0 Å². The Balaban J connectivity index is 2.64. The van der Waals surface area contributed by atoms with Crippen molar-refractivity contribution in [2.45, 2.75) is 0 Å². The summed E-state index contributed by atoms with van der Waals surface area (Å²) < 4.78 is 1.27. The molecule has 0 saturated carbocycles. The van der Waals surface area contributed by atoms with Gasteiger partial charge in [0.2, 0.25) is 0 Å². The molecule has 0 unspecified atom stereocenters. The van der Waals surface area contributed by atoms with Crippen LogP contribution >= 0.6 is 34.5 Å². The molecule has 0 radical (unpaired) electrons. The summed E-state index contributed by atoms with van der Waals surface area (Å²) in [6.07, 6.45) is 0.570. The second-order valence-corrected chi connectivity index (χ2v) is 4.74. The van der Waals surface area contributed by atoms with Crippen molar-refractivity contribution >= 4 is 40.8 Å². The highest BCUT2D eigenvalue weighted by molar-refractivity contribution is 7.11. The highest BCUT2D eigenvalue weighted by Crippen LogP contribution is 2.21. The van der Waals surface area contributed by atoms with Gasteiger partial charge in [-0.25, -0.2) is 0 Å². The van der Waals surface area contributed by atoms with Crippen molar-refractivity contribution in [3.63, 3.8) is 0 Å². The third kappa shape index (κ3) is 1.91. The number of aromatic nitrogens is 1. The largest absolute Gasteiger partial charge is 0.313 e. The van der Waals surface area contributed by atoms with E-state index in [1.54, 1.807) is 24.3 Å². The van der Waals surface area contributed by atoms with E-state index in [1.807, 2.05) is 0 Å². The molecule has 3 nitrogen and oxygen atoms in total. The van der Waals surface area contributed by atoms with Gasteiger partial charge < -0.3 is 0 Å². The molecule has 1 aromatic carbocycles. The maximum absolute atomic E-state index is 11.6. The van der Waals surface area contributed by atoms with Crippen molar-refractivity contribution in [1.82, 2.24) is 4.57 Å². The molecule has 0 saturated heterocycles. The van der Waals surface area contributed by atoms with E-state index in [1.165, 1.54) is 4.57 Å². The summed E-state index contributed by atoms with van der Waals surface area (Å²) in [7, 11) is 0. The van der Waals surface area contributed by atoms with Crippen molar-refractivity contribution in [3.8, 4) is 5.69 Å². The van der Waals surface area contributed by atoms with Crippen LogP contribution in [0.4, 0.5) is 0 Å². The molecule has 0 fully saturated rings. The number of carbonyl (C=O) groups is 1. The van der Waals surface area contributed by atoms with E-state index in [0.29, 0.717) is 17.0 Å². The van der Waals surface area contributed by atoms with Crippen molar-refractivity contribution in [2.75, 3.05) is 0 Å². The number of carbonyl (C=O) groups excluding carboxylic acids is 1. The Morgan fingerprint density at radius 3 is 2.31 bits per heavy atom. The van der Waals surface area contributed by atoms with Gasteiger partial charge in [0.05, 0.1) is 5.69 Å². The van der Waals surface area contributed by atoms with Crippen LogP contribution in [-0.2, 0) is 0 Å². The van der Waals surface area contributed by atoms with E-state index in [4.69, 9.17) is 23.2 Å². The Bertz CT molecular complexity index is 586. The van der Waals surface area contributed by atoms with Gasteiger partial charge in [-0.2, -0.15) is 0 Å². The molecule has 1 aromatic heterocycles. The Morgan fingerprint density at radius 1 is 1.19 bits per heavy atom. The predicted molar refractivity (Wildman–Crippen MR) is 65.3 cm³/mol. The summed E-state index contributed by atoms with van der Waals surface area (Å²) in [4.78, 5) is 22.2. The van der Waals surface area contributed by atoms with Crippen LogP contribution in [0.25, 0.3) is 5.69 Å². The Kier molecular flexibility index (Phi) is 3.14. The number of hydrogen-bond donors (Lipinski definition) is 0. The SMILES string of the molecule is O=Cc1sc(=O)n(-c2ccc(Cl)cc2)c1Cl. The van der Waals surface area contributed by atoms with E-state index in [2.05, 4.69) is 0 Å². The fourth-order valence-electron chi connectivity index (χ4n) is 1.25. The fraction of sp³-hybridized carbons (Fsp3) is 0. The molecule has 1 heterocycles. The lowest BCUT2D eigenvalue weighted by molar-refractivity contribution is 0.112. The molecule has 0 aliphatic carbocycles. The zero-order valence-electron chi connectivity index (χ0n) is 7.81. The maximum atomic E-state index is 11.6. The molecule has 0 aliphatic heterocycles. The van der Waals surface area contributed by atoms with E-state index in [-0.39, 0.29) is 14.9 Å². The highest BCUT2D eigenvalue weighted by Gasteiger charge is 2.13. The minimum atomic E-state index is -0.297. The van der Waals surface area contributed by atoms with Crippen molar-refractivity contribution < 1.29 is 4.79 Å². The van der Waals surface area contributed by atoms with E-state index >= 15 is 0 Å². The monoisotopic (exact) mass is 273 g/mol. The Morgan fingerprint density at radius 2 is 1.81 bits per heavy atom. The summed E-state index contributed by atoms with van der Waals surface area (Å²) in [6, 6.07) is 6.63. The second kappa shape index (κ2) is 4.41. The van der Waals surface area contributed by atoms with Crippen LogP contribution in [0.15, 0.2) is 29.1 Å². The first-order chi connectivity index (χ1) is 7.63. The Labute approximate surface area is 105 Å². The van der Waals surface area contributed by atoms with Gasteiger partial charge >= 0.3 is 4.87 Å². The predicted octanol–water partition coefficient (Wildman–Crippen LogP) is 3.02. The lowest BCUT2D eigenvalue weighted by Gasteiger charge is -2.02. The molecule has 0 aliphatic rings. The van der Waals surface area contributed by atoms with Gasteiger partial charge in [-0.15, -0.1) is 0 Å². The first-order valence-corrected chi connectivity index (χ1v) is 5.83. The topological polar surface area (TPSA) is 39.1 Å². The smallest absolute Gasteiger partial charge is 0.297 e. The minimum Gasteiger partial charge on any atom is -0.297 e. The van der Waals surface area contributed by atoms with Crippen LogP contribution in [-0.4, -0.2) is 10.9 Å². The van der Waals surface area contributed by atoms with Crippen molar-refractivity contribution in [3.05, 3.63) is 49.0 Å². The molecule has 0 N–H and O–H groups in total. The molecule has 6 heteroatoms. The van der Waals surface area contributed by atoms with E-state index in [9.17, 15) is 9.59 Å². The van der Waals surface area contributed by atoms with Gasteiger partial charge in [-0.05, 0) is 24.3 Å². The van der Waals surface area contributed by atoms with Crippen LogP contribution < -0.4 is 4.87 Å². The summed E-state index contributed by atoms with van der Waals surface area (Å²) in [5.41, 5.74) is 0.587. The first-order valence-electron chi connectivity index (χ1n) is 4.26. The van der Waals surface area contributed by atoms with E-state index < -0.39 is 0 Å². The Hall–Kier alpha value is -1.10. The van der Waals surface area contributed by atoms with Crippen LogP contribution in [0.2, 0.25) is 10.2 Å². The molecule has 0 atom stereocenters. The molecule has 2 aromatic rings. The number of aldehydes is 1. The number of hydrogen-bond acceptors (Lipinski definition) is 3. The number of thiazole rings is 1. The van der Waals surface area contributed by atoms with E-state index in [0.717, 1.165) is 11.3 Å². The third-order valence-corrected chi connectivity index (χ3v) is 3.57. The maximum Gasteiger partial charge on any atom is 0.313 e. The fourth-order valence-corrected chi connectivity index (χ4v) is 2.46. The van der Waals surface area contributed by atoms with Gasteiger partial charge in [-0.1, -0.05) is 34.5 Å².